The number of rotatable bonds is 9. The Balaban J connectivity index is 1.49. The third-order valence-corrected chi connectivity index (χ3v) is 9.88. The van der Waals surface area contributed by atoms with Crippen LogP contribution < -0.4 is 0 Å². The van der Waals surface area contributed by atoms with Gasteiger partial charge in [-0.25, -0.2) is 9.78 Å². The number of aryl methyl sites for hydroxylation is 1. The summed E-state index contributed by atoms with van der Waals surface area (Å²) in [5.74, 6) is -1.90. The number of aliphatic hydroxyl groups excluding tert-OH is 2. The third-order valence-electron chi connectivity index (χ3n) is 9.88. The third kappa shape index (κ3) is 7.48. The average molecular weight is 657 g/mol. The second kappa shape index (κ2) is 14.2. The van der Waals surface area contributed by atoms with Crippen molar-refractivity contribution in [1.82, 2.24) is 9.55 Å². The number of imidazole rings is 1. The van der Waals surface area contributed by atoms with E-state index in [4.69, 9.17) is 28.4 Å². The number of aliphatic hydroxyl groups is 2. The summed E-state index contributed by atoms with van der Waals surface area (Å²) < 4.78 is 38.1. The number of aromatic nitrogens is 2. The Morgan fingerprint density at radius 3 is 2.66 bits per heavy atom. The number of ether oxygens (including phenoxy) is 6. The highest BCUT2D eigenvalue weighted by molar-refractivity contribution is 5.86. The van der Waals surface area contributed by atoms with Crippen LogP contribution in [0.5, 0.6) is 0 Å². The molecule has 1 saturated heterocycles. The molecule has 5 rings (SSSR count). The van der Waals surface area contributed by atoms with Crippen molar-refractivity contribution >= 4 is 18.0 Å². The number of allylic oxidation sites excluding steroid dienone is 3. The maximum absolute atomic E-state index is 13.3. The van der Waals surface area contributed by atoms with Gasteiger partial charge in [0, 0.05) is 38.9 Å². The number of carbonyl (C=O) groups excluding carboxylic acids is 2. The summed E-state index contributed by atoms with van der Waals surface area (Å²) in [6.07, 6.45) is 10.3. The first-order chi connectivity index (χ1) is 22.2. The normalized spacial score (nSPS) is 37.1. The first-order valence-electron chi connectivity index (χ1n) is 16.2. The fraction of sp³-hybridized carbons (Fsp3) is 0.629. The van der Waals surface area contributed by atoms with Crippen LogP contribution in [0.2, 0.25) is 0 Å². The van der Waals surface area contributed by atoms with E-state index in [1.165, 1.54) is 18.6 Å². The highest BCUT2D eigenvalue weighted by Gasteiger charge is 2.54. The van der Waals surface area contributed by atoms with Crippen molar-refractivity contribution in [3.63, 3.8) is 0 Å². The molecule has 4 aliphatic rings. The molecule has 1 unspecified atom stereocenters. The fourth-order valence-electron chi connectivity index (χ4n) is 7.17. The molecule has 1 aromatic rings. The van der Waals surface area contributed by atoms with Crippen LogP contribution in [-0.4, -0.2) is 94.1 Å². The largest absolute Gasteiger partial charge is 0.456 e. The van der Waals surface area contributed by atoms with Gasteiger partial charge in [0.05, 0.1) is 25.2 Å². The molecular formula is C35H48N2O10. The van der Waals surface area contributed by atoms with Crippen LogP contribution in [0, 0.1) is 23.7 Å². The summed E-state index contributed by atoms with van der Waals surface area (Å²) >= 11 is 0. The zero-order valence-electron chi connectivity index (χ0n) is 28.2. The van der Waals surface area contributed by atoms with Crippen LogP contribution in [0.25, 0.3) is 6.08 Å². The first-order valence-corrected chi connectivity index (χ1v) is 16.2. The van der Waals surface area contributed by atoms with Crippen molar-refractivity contribution in [1.29, 1.82) is 0 Å². The number of fused-ring (bicyclic) bond motifs is 3. The minimum atomic E-state index is -1.39. The number of hydrogen-bond acceptors (Lipinski definition) is 11. The second-order valence-corrected chi connectivity index (χ2v) is 13.6. The Labute approximate surface area is 276 Å². The number of carbonyl (C=O) groups is 2. The summed E-state index contributed by atoms with van der Waals surface area (Å²) in [6.45, 7) is 9.36. The second-order valence-electron chi connectivity index (χ2n) is 13.6. The Morgan fingerprint density at radius 2 is 2.00 bits per heavy atom. The lowest BCUT2D eigenvalue weighted by molar-refractivity contribution is -0.277. The quantitative estimate of drug-likeness (QED) is 0.229. The molecule has 0 amide bonds. The zero-order chi connectivity index (χ0) is 34.1. The maximum Gasteiger partial charge on any atom is 0.331 e. The first kappa shape index (κ1) is 35.2. The lowest BCUT2D eigenvalue weighted by atomic mass is 9.65. The molecule has 0 aromatic carbocycles. The molecule has 1 aromatic heterocycles. The van der Waals surface area contributed by atoms with Crippen LogP contribution in [0.15, 0.2) is 54.1 Å². The van der Waals surface area contributed by atoms with E-state index in [0.29, 0.717) is 23.6 Å². The van der Waals surface area contributed by atoms with Gasteiger partial charge in [-0.15, -0.1) is 0 Å². The van der Waals surface area contributed by atoms with Gasteiger partial charge in [0.2, 0.25) is 5.79 Å². The van der Waals surface area contributed by atoms with E-state index < -0.39 is 54.0 Å². The summed E-state index contributed by atoms with van der Waals surface area (Å²) in [5.41, 5.74) is 1.43. The molecule has 12 heteroatoms. The number of hydrogen-bond donors (Lipinski definition) is 2. The molecule has 1 fully saturated rings. The van der Waals surface area contributed by atoms with Crippen molar-refractivity contribution in [3.05, 3.63) is 59.7 Å². The SMILES string of the molecule is CO[C@]12C=C[C@](C)(O1)[C@@H](OC(=O)C=Cc1cn(C)cn1)C[C@H]1C(C)=CC[C@H](C(C)C)C1C=C2CO[C@@H]1OC[C@@H](O)[C@@H](O)[C@@H]1OC(C)=O. The molecule has 4 heterocycles. The molecular weight excluding hydrogens is 608 g/mol. The van der Waals surface area contributed by atoms with Gasteiger partial charge in [0.25, 0.3) is 0 Å². The lowest BCUT2D eigenvalue weighted by Gasteiger charge is -2.41. The summed E-state index contributed by atoms with van der Waals surface area (Å²) in [6, 6.07) is 0. The Kier molecular flexibility index (Phi) is 10.6. The van der Waals surface area contributed by atoms with Gasteiger partial charge in [0.15, 0.2) is 12.4 Å². The van der Waals surface area contributed by atoms with Crippen LogP contribution >= 0.6 is 0 Å². The molecule has 10 atom stereocenters. The van der Waals surface area contributed by atoms with Crippen molar-refractivity contribution < 1.29 is 48.2 Å². The van der Waals surface area contributed by atoms with E-state index in [-0.39, 0.29) is 31.0 Å². The number of nitrogens with zero attached hydrogens (tertiary/aromatic N) is 2. The summed E-state index contributed by atoms with van der Waals surface area (Å²) in [4.78, 5) is 29.4. The van der Waals surface area contributed by atoms with Gasteiger partial charge in [0.1, 0.15) is 23.9 Å². The van der Waals surface area contributed by atoms with Crippen molar-refractivity contribution in [2.75, 3.05) is 20.3 Å². The van der Waals surface area contributed by atoms with Crippen molar-refractivity contribution in [2.45, 2.75) is 89.6 Å². The van der Waals surface area contributed by atoms with Gasteiger partial charge >= 0.3 is 11.9 Å². The smallest absolute Gasteiger partial charge is 0.331 e. The minimum absolute atomic E-state index is 0.0137. The molecule has 12 nitrogen and oxygen atoms in total. The molecule has 47 heavy (non-hydrogen) atoms. The van der Waals surface area contributed by atoms with Gasteiger partial charge < -0.3 is 43.2 Å². The predicted molar refractivity (Wildman–Crippen MR) is 170 cm³/mol. The van der Waals surface area contributed by atoms with Gasteiger partial charge in [-0.1, -0.05) is 31.6 Å². The summed E-state index contributed by atoms with van der Waals surface area (Å²) in [7, 11) is 3.40. The van der Waals surface area contributed by atoms with Crippen LogP contribution in [0.1, 0.15) is 53.2 Å². The van der Waals surface area contributed by atoms with Gasteiger partial charge in [-0.3, -0.25) is 4.79 Å². The Morgan fingerprint density at radius 1 is 1.23 bits per heavy atom. The van der Waals surface area contributed by atoms with Crippen LogP contribution in [-0.2, 0) is 45.1 Å². The van der Waals surface area contributed by atoms with Crippen molar-refractivity contribution in [2.24, 2.45) is 30.7 Å². The molecule has 1 aliphatic carbocycles. The van der Waals surface area contributed by atoms with E-state index in [1.54, 1.807) is 30.3 Å². The topological polar surface area (TPSA) is 148 Å². The maximum atomic E-state index is 13.3. The minimum Gasteiger partial charge on any atom is -0.456 e. The van der Waals surface area contributed by atoms with Crippen LogP contribution in [0.4, 0.5) is 0 Å². The van der Waals surface area contributed by atoms with E-state index in [0.717, 1.165) is 6.42 Å². The molecule has 0 saturated carbocycles. The molecule has 0 radical (unpaired) electrons. The number of methoxy groups -OCH3 is 1. The average Bonchev–Trinajstić information content (AvgIpc) is 3.61. The van der Waals surface area contributed by atoms with Gasteiger partial charge in [-0.2, -0.15) is 0 Å². The zero-order valence-corrected chi connectivity index (χ0v) is 28.2. The predicted octanol–water partition coefficient (Wildman–Crippen LogP) is 3.24. The van der Waals surface area contributed by atoms with Gasteiger partial charge in [-0.05, 0) is 68.6 Å². The number of esters is 2. The molecule has 0 spiro atoms. The fourth-order valence-corrected chi connectivity index (χ4v) is 7.17. The van der Waals surface area contributed by atoms with E-state index in [9.17, 15) is 19.8 Å². The Bertz CT molecular complexity index is 1430. The van der Waals surface area contributed by atoms with Crippen molar-refractivity contribution in [3.8, 4) is 0 Å². The summed E-state index contributed by atoms with van der Waals surface area (Å²) in [5, 5.41) is 20.8. The molecule has 3 aliphatic heterocycles. The molecule has 258 valence electrons. The molecule has 2 N–H and O–H groups in total. The Hall–Kier alpha value is -3.13. The van der Waals surface area contributed by atoms with E-state index in [1.807, 2.05) is 26.1 Å². The lowest BCUT2D eigenvalue weighted by Crippen LogP contribution is -2.55. The van der Waals surface area contributed by atoms with E-state index in [2.05, 4.69) is 37.9 Å². The standard InChI is InChI=1S/C35H48N2O10/c1-20(2)25-10-8-21(3)26-15-29(46-30(40)11-9-24-16-37(6)19-36-24)34(5)12-13-35(42-7,47-34)23(14-27(25)26)17-43-33-32(45-22(4)38)31(41)28(39)18-44-33/h8-9,11-14,16,19-20,25-29,31-33,39,41H,10,15,17-18H2,1-7H3/t25-,26+,27?,28-,29+,31-,32+,33-,34+,35-/m1/s1. The van der Waals surface area contributed by atoms with E-state index >= 15 is 0 Å². The van der Waals surface area contributed by atoms with Crippen LogP contribution in [0.3, 0.4) is 0 Å². The highest BCUT2D eigenvalue weighted by Crippen LogP contribution is 2.49. The monoisotopic (exact) mass is 656 g/mol. The molecule has 2 bridgehead atoms. The highest BCUT2D eigenvalue weighted by atomic mass is 16.7.